The van der Waals surface area contributed by atoms with Crippen molar-refractivity contribution < 1.29 is 18.8 Å². The first-order valence-electron chi connectivity index (χ1n) is 6.97. The van der Waals surface area contributed by atoms with Crippen molar-refractivity contribution in [3.05, 3.63) is 11.7 Å². The third-order valence-electron chi connectivity index (χ3n) is 3.82. The second-order valence-electron chi connectivity index (χ2n) is 5.38. The Labute approximate surface area is 117 Å². The Morgan fingerprint density at radius 1 is 1.55 bits per heavy atom. The number of ether oxygens (including phenoxy) is 2. The van der Waals surface area contributed by atoms with Gasteiger partial charge in [0.2, 0.25) is 11.7 Å². The second-order valence-corrected chi connectivity index (χ2v) is 5.38. The Hall–Kier alpha value is -1.47. The number of hydrogen-bond acceptors (Lipinski definition) is 7. The molecule has 110 valence electrons. The summed E-state index contributed by atoms with van der Waals surface area (Å²) in [6.07, 6.45) is 1.22. The zero-order valence-electron chi connectivity index (χ0n) is 11.8. The summed E-state index contributed by atoms with van der Waals surface area (Å²) in [6, 6.07) is 0. The van der Waals surface area contributed by atoms with E-state index in [0.29, 0.717) is 37.8 Å². The molecule has 2 aliphatic rings. The number of esters is 1. The quantitative estimate of drug-likeness (QED) is 0.750. The molecule has 1 aliphatic heterocycles. The minimum Gasteiger partial charge on any atom is -0.465 e. The number of carbonyl (C=O) groups is 1. The van der Waals surface area contributed by atoms with E-state index in [9.17, 15) is 4.79 Å². The lowest BCUT2D eigenvalue weighted by Crippen LogP contribution is -2.35. The number of aromatic nitrogens is 2. The van der Waals surface area contributed by atoms with E-state index in [4.69, 9.17) is 14.0 Å². The zero-order valence-corrected chi connectivity index (χ0v) is 11.8. The van der Waals surface area contributed by atoms with Crippen molar-refractivity contribution in [1.29, 1.82) is 0 Å². The van der Waals surface area contributed by atoms with Gasteiger partial charge in [0.25, 0.3) is 0 Å². The second kappa shape index (κ2) is 5.14. The number of rotatable bonds is 4. The molecule has 1 unspecified atom stereocenters. The largest absolute Gasteiger partial charge is 0.465 e. The highest BCUT2D eigenvalue weighted by Crippen LogP contribution is 2.48. The normalized spacial score (nSPS) is 25.4. The van der Waals surface area contributed by atoms with Crippen LogP contribution in [0.3, 0.4) is 0 Å². The average Bonchev–Trinajstić information content (AvgIpc) is 3.10. The van der Waals surface area contributed by atoms with Crippen molar-refractivity contribution in [2.75, 3.05) is 33.4 Å². The molecule has 7 nitrogen and oxygen atoms in total. The van der Waals surface area contributed by atoms with E-state index in [-0.39, 0.29) is 12.1 Å². The lowest BCUT2D eigenvalue weighted by molar-refractivity contribution is -0.146. The average molecular weight is 281 g/mol. The summed E-state index contributed by atoms with van der Waals surface area (Å²) >= 11 is 0. The van der Waals surface area contributed by atoms with Crippen LogP contribution in [0.1, 0.15) is 37.6 Å². The van der Waals surface area contributed by atoms with Crippen LogP contribution in [-0.2, 0) is 19.7 Å². The van der Waals surface area contributed by atoms with Gasteiger partial charge in [-0.15, -0.1) is 0 Å². The summed E-state index contributed by atoms with van der Waals surface area (Å²) in [6.45, 7) is 4.42. The van der Waals surface area contributed by atoms with Gasteiger partial charge in [-0.05, 0) is 26.8 Å². The molecule has 0 radical (unpaired) electrons. The smallest absolute Gasteiger partial charge is 0.321 e. The number of morpholine rings is 1. The monoisotopic (exact) mass is 281 g/mol. The highest BCUT2D eigenvalue weighted by molar-refractivity contribution is 5.85. The third-order valence-corrected chi connectivity index (χ3v) is 3.82. The van der Waals surface area contributed by atoms with Crippen LogP contribution in [0.2, 0.25) is 0 Å². The molecule has 1 aromatic heterocycles. The molecule has 1 atom stereocenters. The predicted molar refractivity (Wildman–Crippen MR) is 68.0 cm³/mol. The molecule has 0 N–H and O–H groups in total. The molecule has 0 amide bonds. The SMILES string of the molecule is CCOC(=O)C1(c2nc(C3CN(C)CCO3)no2)CC1. The van der Waals surface area contributed by atoms with E-state index >= 15 is 0 Å². The van der Waals surface area contributed by atoms with E-state index in [2.05, 4.69) is 15.0 Å². The Bertz CT molecular complexity index is 498. The molecule has 1 aromatic rings. The maximum atomic E-state index is 12.0. The Morgan fingerprint density at radius 3 is 3.00 bits per heavy atom. The van der Waals surface area contributed by atoms with Crippen LogP contribution in [0.15, 0.2) is 4.52 Å². The lowest BCUT2D eigenvalue weighted by atomic mass is 10.1. The molecule has 0 spiro atoms. The first kappa shape index (κ1) is 13.5. The molecule has 20 heavy (non-hydrogen) atoms. The van der Waals surface area contributed by atoms with Crippen LogP contribution in [0.5, 0.6) is 0 Å². The molecule has 1 saturated carbocycles. The lowest BCUT2D eigenvalue weighted by Gasteiger charge is -2.27. The fourth-order valence-corrected chi connectivity index (χ4v) is 2.39. The molecule has 0 bridgehead atoms. The summed E-state index contributed by atoms with van der Waals surface area (Å²) < 4.78 is 16.0. The number of nitrogens with zero attached hydrogens (tertiary/aromatic N) is 3. The van der Waals surface area contributed by atoms with E-state index in [1.165, 1.54) is 0 Å². The first-order chi connectivity index (χ1) is 9.65. The van der Waals surface area contributed by atoms with Crippen LogP contribution in [0.4, 0.5) is 0 Å². The highest BCUT2D eigenvalue weighted by atomic mass is 16.5. The highest BCUT2D eigenvalue weighted by Gasteiger charge is 2.57. The van der Waals surface area contributed by atoms with Gasteiger partial charge >= 0.3 is 5.97 Å². The van der Waals surface area contributed by atoms with Crippen LogP contribution < -0.4 is 0 Å². The Morgan fingerprint density at radius 2 is 2.35 bits per heavy atom. The van der Waals surface area contributed by atoms with Gasteiger partial charge in [0.15, 0.2) is 0 Å². The van der Waals surface area contributed by atoms with Crippen molar-refractivity contribution in [3.63, 3.8) is 0 Å². The van der Waals surface area contributed by atoms with Crippen LogP contribution >= 0.6 is 0 Å². The van der Waals surface area contributed by atoms with E-state index < -0.39 is 5.41 Å². The van der Waals surface area contributed by atoms with Crippen molar-refractivity contribution in [3.8, 4) is 0 Å². The molecular formula is C13H19N3O4. The summed E-state index contributed by atoms with van der Waals surface area (Å²) in [7, 11) is 2.03. The number of carbonyl (C=O) groups excluding carboxylic acids is 1. The van der Waals surface area contributed by atoms with Gasteiger partial charge in [0.05, 0.1) is 13.2 Å². The summed E-state index contributed by atoms with van der Waals surface area (Å²) in [5.74, 6) is 0.613. The van der Waals surface area contributed by atoms with Crippen molar-refractivity contribution in [2.45, 2.75) is 31.3 Å². The summed E-state index contributed by atoms with van der Waals surface area (Å²) in [5.41, 5.74) is -0.707. The van der Waals surface area contributed by atoms with Gasteiger partial charge < -0.3 is 18.9 Å². The fraction of sp³-hybridized carbons (Fsp3) is 0.769. The minimum atomic E-state index is -0.707. The van der Waals surface area contributed by atoms with Crippen LogP contribution in [-0.4, -0.2) is 54.4 Å². The maximum absolute atomic E-state index is 12.0. The van der Waals surface area contributed by atoms with Crippen LogP contribution in [0.25, 0.3) is 0 Å². The first-order valence-corrected chi connectivity index (χ1v) is 6.97. The van der Waals surface area contributed by atoms with Gasteiger partial charge in [0, 0.05) is 13.1 Å². The van der Waals surface area contributed by atoms with Gasteiger partial charge in [-0.25, -0.2) is 0 Å². The molecule has 2 fully saturated rings. The van der Waals surface area contributed by atoms with E-state index in [1.807, 2.05) is 7.05 Å². The fourth-order valence-electron chi connectivity index (χ4n) is 2.39. The molecule has 3 rings (SSSR count). The zero-order chi connectivity index (χ0) is 14.2. The topological polar surface area (TPSA) is 77.7 Å². The summed E-state index contributed by atoms with van der Waals surface area (Å²) in [4.78, 5) is 18.5. The molecule has 1 aliphatic carbocycles. The van der Waals surface area contributed by atoms with E-state index in [1.54, 1.807) is 6.92 Å². The van der Waals surface area contributed by atoms with Gasteiger partial charge in [-0.1, -0.05) is 5.16 Å². The summed E-state index contributed by atoms with van der Waals surface area (Å²) in [5, 5.41) is 3.98. The van der Waals surface area contributed by atoms with Crippen LogP contribution in [0, 0.1) is 0 Å². The number of likely N-dealkylation sites (N-methyl/N-ethyl adjacent to an activating group) is 1. The third kappa shape index (κ3) is 2.31. The van der Waals surface area contributed by atoms with Gasteiger partial charge in [-0.3, -0.25) is 4.79 Å². The van der Waals surface area contributed by atoms with Gasteiger partial charge in [0.1, 0.15) is 11.5 Å². The molecule has 2 heterocycles. The predicted octanol–water partition coefficient (Wildman–Crippen LogP) is 0.667. The molecule has 0 aromatic carbocycles. The van der Waals surface area contributed by atoms with E-state index in [0.717, 1.165) is 13.1 Å². The minimum absolute atomic E-state index is 0.191. The number of hydrogen-bond donors (Lipinski definition) is 0. The molecule has 1 saturated heterocycles. The van der Waals surface area contributed by atoms with Crippen molar-refractivity contribution in [1.82, 2.24) is 15.0 Å². The molecular weight excluding hydrogens is 262 g/mol. The Balaban J connectivity index is 1.75. The van der Waals surface area contributed by atoms with Gasteiger partial charge in [-0.2, -0.15) is 4.98 Å². The Kier molecular flexibility index (Phi) is 3.47. The van der Waals surface area contributed by atoms with Crippen molar-refractivity contribution in [2.24, 2.45) is 0 Å². The molecule has 7 heteroatoms. The van der Waals surface area contributed by atoms with Crippen molar-refractivity contribution >= 4 is 5.97 Å². The maximum Gasteiger partial charge on any atom is 0.321 e. The standard InChI is InChI=1S/C13H19N3O4/c1-3-18-12(17)13(4-5-13)11-14-10(15-20-11)9-8-16(2)6-7-19-9/h9H,3-8H2,1-2H3.